The van der Waals surface area contributed by atoms with Crippen molar-refractivity contribution in [2.45, 2.75) is 6.42 Å². The first-order chi connectivity index (χ1) is 12.7. The average molecular weight is 373 g/mol. The van der Waals surface area contributed by atoms with Gasteiger partial charge in [0, 0.05) is 6.54 Å². The topological polar surface area (TPSA) is 59.6 Å². The molecule has 136 valence electrons. The number of urea groups is 1. The molecule has 0 unspecified atom stereocenters. The number of carbonyl (C=O) groups is 1. The number of halogens is 1. The van der Waals surface area contributed by atoms with Crippen LogP contribution in [0, 0.1) is 11.8 Å². The first-order valence-electron chi connectivity index (χ1n) is 8.16. The molecule has 0 aliphatic carbocycles. The Morgan fingerprint density at radius 2 is 1.85 bits per heavy atom. The van der Waals surface area contributed by atoms with Crippen molar-refractivity contribution in [3.63, 3.8) is 0 Å². The Kier molecular flexibility index (Phi) is 8.17. The monoisotopic (exact) mass is 372 g/mol. The Hall–Kier alpha value is -2.84. The molecule has 2 N–H and O–H groups in total. The van der Waals surface area contributed by atoms with Gasteiger partial charge in [-0.05, 0) is 36.2 Å². The second-order valence-corrected chi connectivity index (χ2v) is 5.69. The van der Waals surface area contributed by atoms with E-state index in [2.05, 4.69) is 22.5 Å². The fraction of sp³-hybridized carbons (Fsp3) is 0.250. The van der Waals surface area contributed by atoms with Crippen LogP contribution >= 0.6 is 11.6 Å². The van der Waals surface area contributed by atoms with E-state index in [0.29, 0.717) is 17.3 Å². The quantitative estimate of drug-likeness (QED) is 0.733. The van der Waals surface area contributed by atoms with Gasteiger partial charge in [-0.15, -0.1) is 0 Å². The molecule has 2 aromatic carbocycles. The largest absolute Gasteiger partial charge is 0.497 e. The van der Waals surface area contributed by atoms with Crippen LogP contribution in [0.1, 0.15) is 5.56 Å². The third-order valence-electron chi connectivity index (χ3n) is 3.46. The second-order valence-electron chi connectivity index (χ2n) is 5.28. The summed E-state index contributed by atoms with van der Waals surface area (Å²) in [6, 6.07) is 14.7. The van der Waals surface area contributed by atoms with Crippen LogP contribution < -0.4 is 20.1 Å². The normalized spacial score (nSPS) is 9.62. The number of hydrogen-bond donors (Lipinski definition) is 2. The maximum absolute atomic E-state index is 11.7. The Balaban J connectivity index is 1.58. The molecule has 0 atom stereocenters. The lowest BCUT2D eigenvalue weighted by Gasteiger charge is -2.06. The number of rotatable bonds is 7. The maximum atomic E-state index is 11.7. The summed E-state index contributed by atoms with van der Waals surface area (Å²) in [6.07, 6.45) is 0.745. The van der Waals surface area contributed by atoms with Gasteiger partial charge in [-0.25, -0.2) is 4.79 Å². The molecule has 6 heteroatoms. The Labute approximate surface area is 158 Å². The summed E-state index contributed by atoms with van der Waals surface area (Å²) < 4.78 is 10.5. The molecular formula is C20H21ClN2O3. The zero-order valence-corrected chi connectivity index (χ0v) is 15.3. The van der Waals surface area contributed by atoms with Crippen molar-refractivity contribution in [2.75, 3.05) is 26.8 Å². The van der Waals surface area contributed by atoms with E-state index < -0.39 is 0 Å². The third kappa shape index (κ3) is 6.96. The minimum absolute atomic E-state index is 0.213. The van der Waals surface area contributed by atoms with E-state index in [0.717, 1.165) is 17.7 Å². The summed E-state index contributed by atoms with van der Waals surface area (Å²) in [5, 5.41) is 6.00. The fourth-order valence-electron chi connectivity index (χ4n) is 2.09. The number of methoxy groups -OCH3 is 1. The molecule has 2 amide bonds. The molecule has 0 aliphatic rings. The molecular weight excluding hydrogens is 352 g/mol. The van der Waals surface area contributed by atoms with Crippen LogP contribution in [0.2, 0.25) is 5.02 Å². The molecule has 0 heterocycles. The van der Waals surface area contributed by atoms with E-state index in [9.17, 15) is 4.79 Å². The summed E-state index contributed by atoms with van der Waals surface area (Å²) in [7, 11) is 1.63. The summed E-state index contributed by atoms with van der Waals surface area (Å²) in [6.45, 7) is 1.01. The zero-order valence-electron chi connectivity index (χ0n) is 14.5. The lowest BCUT2D eigenvalue weighted by molar-refractivity contribution is 0.242. The number of amides is 2. The first-order valence-corrected chi connectivity index (χ1v) is 8.54. The Morgan fingerprint density at radius 1 is 1.08 bits per heavy atom. The minimum Gasteiger partial charge on any atom is -0.497 e. The van der Waals surface area contributed by atoms with E-state index in [-0.39, 0.29) is 19.2 Å². The molecule has 0 radical (unpaired) electrons. The molecule has 2 rings (SSSR count). The van der Waals surface area contributed by atoms with Gasteiger partial charge in [-0.1, -0.05) is 47.7 Å². The van der Waals surface area contributed by atoms with Crippen LogP contribution in [0.3, 0.4) is 0 Å². The molecule has 0 aromatic heterocycles. The lowest BCUT2D eigenvalue weighted by Crippen LogP contribution is -2.36. The fourth-order valence-corrected chi connectivity index (χ4v) is 2.28. The van der Waals surface area contributed by atoms with Gasteiger partial charge in [-0.3, -0.25) is 0 Å². The van der Waals surface area contributed by atoms with Crippen LogP contribution in [-0.2, 0) is 6.42 Å². The summed E-state index contributed by atoms with van der Waals surface area (Å²) in [5.74, 6) is 7.05. The predicted molar refractivity (Wildman–Crippen MR) is 103 cm³/mol. The third-order valence-corrected chi connectivity index (χ3v) is 3.77. The number of carbonyl (C=O) groups excluding carboxylic acids is 1. The Morgan fingerprint density at radius 3 is 2.58 bits per heavy atom. The second kappa shape index (κ2) is 10.9. The van der Waals surface area contributed by atoms with Gasteiger partial charge in [0.1, 0.15) is 18.1 Å². The SMILES string of the molecule is COc1ccc(CCNC(=O)NCC#CCOc2ccccc2Cl)cc1. The summed E-state index contributed by atoms with van der Waals surface area (Å²) >= 11 is 5.97. The maximum Gasteiger partial charge on any atom is 0.315 e. The van der Waals surface area contributed by atoms with Crippen LogP contribution in [0.15, 0.2) is 48.5 Å². The van der Waals surface area contributed by atoms with E-state index in [4.69, 9.17) is 21.1 Å². The van der Waals surface area contributed by atoms with Crippen molar-refractivity contribution >= 4 is 17.6 Å². The molecule has 26 heavy (non-hydrogen) atoms. The number of ether oxygens (including phenoxy) is 2. The number of para-hydroxylation sites is 1. The van der Waals surface area contributed by atoms with Gasteiger partial charge in [0.2, 0.25) is 0 Å². The molecule has 0 fully saturated rings. The molecule has 0 aliphatic heterocycles. The van der Waals surface area contributed by atoms with E-state index in [1.54, 1.807) is 19.2 Å². The van der Waals surface area contributed by atoms with Gasteiger partial charge < -0.3 is 20.1 Å². The van der Waals surface area contributed by atoms with Gasteiger partial charge in [0.25, 0.3) is 0 Å². The molecule has 0 bridgehead atoms. The molecule has 0 spiro atoms. The number of benzene rings is 2. The van der Waals surface area contributed by atoms with E-state index >= 15 is 0 Å². The van der Waals surface area contributed by atoms with Crippen molar-refractivity contribution in [1.29, 1.82) is 0 Å². The highest BCUT2D eigenvalue weighted by Crippen LogP contribution is 2.22. The average Bonchev–Trinajstić information content (AvgIpc) is 2.66. The molecule has 5 nitrogen and oxygen atoms in total. The van der Waals surface area contributed by atoms with Crippen molar-refractivity contribution in [1.82, 2.24) is 10.6 Å². The highest BCUT2D eigenvalue weighted by molar-refractivity contribution is 6.32. The van der Waals surface area contributed by atoms with Crippen molar-refractivity contribution in [3.8, 4) is 23.3 Å². The van der Waals surface area contributed by atoms with Gasteiger partial charge >= 0.3 is 6.03 Å². The number of nitrogens with one attached hydrogen (secondary N) is 2. The van der Waals surface area contributed by atoms with Gasteiger partial charge in [0.05, 0.1) is 18.7 Å². The predicted octanol–water partition coefficient (Wildman–Crippen LogP) is 3.27. The van der Waals surface area contributed by atoms with Crippen LogP contribution in [-0.4, -0.2) is 32.8 Å². The molecule has 2 aromatic rings. The van der Waals surface area contributed by atoms with E-state index in [1.165, 1.54) is 0 Å². The standard InChI is InChI=1S/C20H21ClN2O3/c1-25-17-10-8-16(9-11-17)12-14-23-20(24)22-13-4-5-15-26-19-7-3-2-6-18(19)21/h2-3,6-11H,12-15H2,1H3,(H2,22,23,24). The van der Waals surface area contributed by atoms with Crippen molar-refractivity contribution in [2.24, 2.45) is 0 Å². The molecule has 0 saturated carbocycles. The number of hydrogen-bond acceptors (Lipinski definition) is 3. The lowest BCUT2D eigenvalue weighted by atomic mass is 10.1. The summed E-state index contributed by atoms with van der Waals surface area (Å²) in [5.41, 5.74) is 1.13. The highest BCUT2D eigenvalue weighted by Gasteiger charge is 1.99. The van der Waals surface area contributed by atoms with E-state index in [1.807, 2.05) is 36.4 Å². The molecule has 0 saturated heterocycles. The summed E-state index contributed by atoms with van der Waals surface area (Å²) in [4.78, 5) is 11.7. The Bertz CT molecular complexity index is 767. The minimum atomic E-state index is -0.250. The van der Waals surface area contributed by atoms with Gasteiger partial charge in [0.15, 0.2) is 0 Å². The van der Waals surface area contributed by atoms with Crippen LogP contribution in [0.25, 0.3) is 0 Å². The van der Waals surface area contributed by atoms with Gasteiger partial charge in [-0.2, -0.15) is 0 Å². The van der Waals surface area contributed by atoms with Crippen LogP contribution in [0.5, 0.6) is 11.5 Å². The highest BCUT2D eigenvalue weighted by atomic mass is 35.5. The van der Waals surface area contributed by atoms with Crippen molar-refractivity contribution in [3.05, 3.63) is 59.1 Å². The zero-order chi connectivity index (χ0) is 18.6. The first kappa shape index (κ1) is 19.5. The smallest absolute Gasteiger partial charge is 0.315 e. The van der Waals surface area contributed by atoms with Crippen molar-refractivity contribution < 1.29 is 14.3 Å². The van der Waals surface area contributed by atoms with Crippen LogP contribution in [0.4, 0.5) is 4.79 Å².